The lowest BCUT2D eigenvalue weighted by Crippen LogP contribution is -2.49. The summed E-state index contributed by atoms with van der Waals surface area (Å²) in [6.45, 7) is 0.0439. The minimum atomic E-state index is -4.59. The lowest BCUT2D eigenvalue weighted by molar-refractivity contribution is -0.875. The molecule has 0 spiro atoms. The molecule has 10 nitrogen and oxygen atoms in total. The van der Waals surface area contributed by atoms with Crippen molar-refractivity contribution in [2.24, 2.45) is 0 Å². The Hall–Kier alpha value is 0.140. The molecule has 0 heterocycles. The molecule has 2 atom stereocenters. The summed E-state index contributed by atoms with van der Waals surface area (Å²) >= 11 is 0. The van der Waals surface area contributed by atoms with Crippen molar-refractivity contribution in [1.82, 2.24) is 0 Å². The quantitative estimate of drug-likeness (QED) is 0.0582. The number of hydrogen-bond donors (Lipinski definition) is 6. The summed E-state index contributed by atoms with van der Waals surface area (Å²) in [7, 11) is 1.70. The second-order valence-electron chi connectivity index (χ2n) is 13.4. The molecule has 12 heteroatoms. The molecule has 2 unspecified atom stereocenters. The standard InChI is InChI=1S/C26H58N2O8P2/c1-27(2,3)23-25(29,37(31,32)33)21-19-17-15-13-11-9-7-8-10-12-14-16-18-20-22-26(30,38(34,35)36)24-28(4,5)6/h29-30H,7-24H2,1-6H3,(H2-2,31,32,33,34,35,36)/p+2. The van der Waals surface area contributed by atoms with Gasteiger partial charge in [0.1, 0.15) is 13.1 Å². The fourth-order valence-electron chi connectivity index (χ4n) is 5.09. The monoisotopic (exact) mass is 590 g/mol. The number of quaternary nitrogens is 2. The van der Waals surface area contributed by atoms with Crippen molar-refractivity contribution in [2.75, 3.05) is 55.4 Å². The van der Waals surface area contributed by atoms with Crippen molar-refractivity contribution in [3.05, 3.63) is 0 Å². The first-order valence-electron chi connectivity index (χ1n) is 14.3. The highest BCUT2D eigenvalue weighted by atomic mass is 31.2. The molecule has 230 valence electrons. The van der Waals surface area contributed by atoms with Crippen molar-refractivity contribution in [3.63, 3.8) is 0 Å². The van der Waals surface area contributed by atoms with Crippen LogP contribution in [0.25, 0.3) is 0 Å². The Labute approximate surface area is 231 Å². The highest BCUT2D eigenvalue weighted by molar-refractivity contribution is 7.53. The fourth-order valence-corrected chi connectivity index (χ4v) is 7.21. The third kappa shape index (κ3) is 17.1. The molecule has 0 aliphatic carbocycles. The molecule has 0 bridgehead atoms. The first kappa shape index (κ1) is 38.1. The van der Waals surface area contributed by atoms with E-state index in [1.165, 1.54) is 25.7 Å². The van der Waals surface area contributed by atoms with Gasteiger partial charge in [0.2, 0.25) is 10.7 Å². The molecule has 0 rings (SSSR count). The molecule has 38 heavy (non-hydrogen) atoms. The van der Waals surface area contributed by atoms with E-state index in [9.17, 15) is 38.9 Å². The molecule has 0 saturated carbocycles. The SMILES string of the molecule is C[N+](C)(C)CC(O)(CCCCCCCCCCCCCCCCC(O)(C[N+](C)(C)C)P(=O)(O)O)P(=O)(O)O. The van der Waals surface area contributed by atoms with E-state index in [0.29, 0.717) is 21.8 Å². The molecule has 0 radical (unpaired) electrons. The molecule has 0 aromatic heterocycles. The van der Waals surface area contributed by atoms with E-state index in [2.05, 4.69) is 0 Å². The van der Waals surface area contributed by atoms with Gasteiger partial charge >= 0.3 is 15.2 Å². The average Bonchev–Trinajstić information content (AvgIpc) is 2.69. The van der Waals surface area contributed by atoms with Gasteiger partial charge < -0.3 is 38.8 Å². The van der Waals surface area contributed by atoms with E-state index in [4.69, 9.17) is 0 Å². The Kier molecular flexibility index (Phi) is 16.6. The van der Waals surface area contributed by atoms with Gasteiger partial charge in [0.05, 0.1) is 42.3 Å². The van der Waals surface area contributed by atoms with Crippen LogP contribution < -0.4 is 0 Å². The number of nitrogens with zero attached hydrogens (tertiary/aromatic N) is 2. The maximum Gasteiger partial charge on any atom is 0.362 e. The van der Waals surface area contributed by atoms with Gasteiger partial charge in [-0.2, -0.15) is 0 Å². The highest BCUT2D eigenvalue weighted by Gasteiger charge is 2.49. The first-order valence-corrected chi connectivity index (χ1v) is 17.5. The molecule has 0 saturated heterocycles. The summed E-state index contributed by atoms with van der Waals surface area (Å²) < 4.78 is 24.2. The summed E-state index contributed by atoms with van der Waals surface area (Å²) in [5, 5.41) is 17.2. The molecule has 0 aromatic carbocycles. The number of rotatable bonds is 23. The summed E-state index contributed by atoms with van der Waals surface area (Å²) in [6.07, 6.45) is 14.4. The van der Waals surface area contributed by atoms with Crippen molar-refractivity contribution in [2.45, 2.75) is 113 Å². The zero-order valence-corrected chi connectivity index (χ0v) is 26.8. The van der Waals surface area contributed by atoms with E-state index in [0.717, 1.165) is 51.4 Å². The van der Waals surface area contributed by atoms with Gasteiger partial charge in [-0.3, -0.25) is 9.13 Å². The largest absolute Gasteiger partial charge is 0.373 e. The summed E-state index contributed by atoms with van der Waals surface area (Å²) in [4.78, 5) is 38.5. The Bertz CT molecular complexity index is 683. The Balaban J connectivity index is 3.84. The Morgan fingerprint density at radius 1 is 0.447 bits per heavy atom. The second-order valence-corrected chi connectivity index (χ2v) is 17.2. The average molecular weight is 591 g/mol. The third-order valence-electron chi connectivity index (χ3n) is 6.94. The van der Waals surface area contributed by atoms with Gasteiger partial charge in [-0.1, -0.05) is 77.0 Å². The minimum Gasteiger partial charge on any atom is -0.373 e. The van der Waals surface area contributed by atoms with Crippen molar-refractivity contribution in [3.8, 4) is 0 Å². The predicted molar refractivity (Wildman–Crippen MR) is 154 cm³/mol. The first-order chi connectivity index (χ1) is 17.1. The van der Waals surface area contributed by atoms with E-state index >= 15 is 0 Å². The van der Waals surface area contributed by atoms with E-state index in [-0.39, 0.29) is 25.9 Å². The molecule has 0 amide bonds. The number of unbranched alkanes of at least 4 members (excludes halogenated alkanes) is 13. The summed E-state index contributed by atoms with van der Waals surface area (Å²) in [5.41, 5.74) is 0. The maximum atomic E-state index is 11.8. The summed E-state index contributed by atoms with van der Waals surface area (Å²) in [6, 6.07) is 0. The summed E-state index contributed by atoms with van der Waals surface area (Å²) in [5.74, 6) is 0. The predicted octanol–water partition coefficient (Wildman–Crippen LogP) is 4.37. The molecular weight excluding hydrogens is 530 g/mol. The smallest absolute Gasteiger partial charge is 0.362 e. The van der Waals surface area contributed by atoms with Crippen LogP contribution in [0.2, 0.25) is 0 Å². The lowest BCUT2D eigenvalue weighted by Gasteiger charge is -2.35. The van der Waals surface area contributed by atoms with Crippen molar-refractivity contribution in [1.29, 1.82) is 0 Å². The third-order valence-corrected chi connectivity index (χ3v) is 9.84. The van der Waals surface area contributed by atoms with Crippen LogP contribution in [-0.4, -0.2) is 105 Å². The van der Waals surface area contributed by atoms with Gasteiger partial charge in [-0.15, -0.1) is 0 Å². The van der Waals surface area contributed by atoms with Crippen LogP contribution in [0.1, 0.15) is 103 Å². The fraction of sp³-hybridized carbons (Fsp3) is 1.00. The molecule has 6 N–H and O–H groups in total. The minimum absolute atomic E-state index is 0.0219. The van der Waals surface area contributed by atoms with Gasteiger partial charge in [0, 0.05) is 0 Å². The highest BCUT2D eigenvalue weighted by Crippen LogP contribution is 2.53. The van der Waals surface area contributed by atoms with Crippen LogP contribution >= 0.6 is 15.2 Å². The van der Waals surface area contributed by atoms with E-state index in [1.807, 2.05) is 42.3 Å². The molecule has 0 aromatic rings. The van der Waals surface area contributed by atoms with Gasteiger partial charge in [-0.25, -0.2) is 0 Å². The van der Waals surface area contributed by atoms with Gasteiger partial charge in [-0.05, 0) is 25.7 Å². The normalized spacial score (nSPS) is 16.8. The van der Waals surface area contributed by atoms with Crippen molar-refractivity contribution < 1.29 is 47.9 Å². The van der Waals surface area contributed by atoms with E-state index < -0.39 is 25.9 Å². The van der Waals surface area contributed by atoms with Crippen LogP contribution in [-0.2, 0) is 9.13 Å². The van der Waals surface area contributed by atoms with Crippen molar-refractivity contribution >= 4 is 15.2 Å². The number of likely N-dealkylation sites (N-methyl/N-ethyl adjacent to an activating group) is 2. The maximum absolute atomic E-state index is 11.8. The van der Waals surface area contributed by atoms with Crippen LogP contribution in [0.5, 0.6) is 0 Å². The van der Waals surface area contributed by atoms with Crippen LogP contribution in [0.4, 0.5) is 0 Å². The second kappa shape index (κ2) is 16.5. The molecule has 0 aliphatic heterocycles. The zero-order chi connectivity index (χ0) is 29.7. The van der Waals surface area contributed by atoms with Crippen LogP contribution in [0.3, 0.4) is 0 Å². The lowest BCUT2D eigenvalue weighted by atomic mass is 10.0. The van der Waals surface area contributed by atoms with Gasteiger partial charge in [0.15, 0.2) is 0 Å². The van der Waals surface area contributed by atoms with Crippen LogP contribution in [0.15, 0.2) is 0 Å². The Morgan fingerprint density at radius 2 is 0.632 bits per heavy atom. The number of aliphatic hydroxyl groups is 2. The molecule has 0 fully saturated rings. The van der Waals surface area contributed by atoms with E-state index in [1.54, 1.807) is 0 Å². The zero-order valence-electron chi connectivity index (χ0n) is 25.0. The topological polar surface area (TPSA) is 156 Å². The Morgan fingerprint density at radius 3 is 0.789 bits per heavy atom. The van der Waals surface area contributed by atoms with Gasteiger partial charge in [0.25, 0.3) is 0 Å². The number of hydrogen-bond acceptors (Lipinski definition) is 4. The molecular formula is C26H60N2O8P2+2. The molecule has 0 aliphatic rings. The van der Waals surface area contributed by atoms with Crippen LogP contribution in [0, 0.1) is 0 Å².